The number of benzene rings is 2. The first-order valence-corrected chi connectivity index (χ1v) is 9.57. The van der Waals surface area contributed by atoms with Crippen LogP contribution in [0.1, 0.15) is 32.3 Å². The van der Waals surface area contributed by atoms with Gasteiger partial charge in [0.15, 0.2) is 0 Å². The Labute approximate surface area is 165 Å². The minimum absolute atomic E-state index is 0.0846. The zero-order valence-electron chi connectivity index (χ0n) is 15.6. The van der Waals surface area contributed by atoms with Crippen molar-refractivity contribution in [2.45, 2.75) is 51.5 Å². The number of carbonyl (C=O) groups excluding carboxylic acids is 1. The lowest BCUT2D eigenvalue weighted by Gasteiger charge is -2.36. The summed E-state index contributed by atoms with van der Waals surface area (Å²) >= 11 is 6.26. The molecule has 1 fully saturated rings. The van der Waals surface area contributed by atoms with Crippen LogP contribution in [0.5, 0.6) is 5.75 Å². The number of nitrogens with one attached hydrogen (secondary N) is 2. The van der Waals surface area contributed by atoms with Crippen molar-refractivity contribution in [1.82, 2.24) is 5.32 Å². The summed E-state index contributed by atoms with van der Waals surface area (Å²) in [5.74, 6) is 0.687. The van der Waals surface area contributed by atoms with Gasteiger partial charge in [-0.25, -0.2) is 4.79 Å². The lowest BCUT2D eigenvalue weighted by Crippen LogP contribution is -2.49. The molecule has 2 aromatic carbocycles. The highest BCUT2D eigenvalue weighted by Gasteiger charge is 2.30. The smallest absolute Gasteiger partial charge is 0.407 e. The van der Waals surface area contributed by atoms with Crippen molar-refractivity contribution >= 4 is 23.4 Å². The third-order valence-electron chi connectivity index (χ3n) is 4.34. The maximum Gasteiger partial charge on any atom is 0.407 e. The van der Waals surface area contributed by atoms with Crippen molar-refractivity contribution in [2.75, 3.05) is 5.32 Å². The Hall–Kier alpha value is -2.40. The van der Waals surface area contributed by atoms with Gasteiger partial charge >= 0.3 is 6.09 Å². The molecule has 0 saturated heterocycles. The SMILES string of the molecule is CC(C)Oc1ccc(NC2CC(NC(=O)OCc3ccccc3)C2)cc1Cl. The fraction of sp³-hybridized carbons (Fsp3) is 0.381. The van der Waals surface area contributed by atoms with Gasteiger partial charge in [0.25, 0.3) is 0 Å². The summed E-state index contributed by atoms with van der Waals surface area (Å²) in [6.45, 7) is 4.22. The summed E-state index contributed by atoms with van der Waals surface area (Å²) in [6.07, 6.45) is 1.41. The minimum Gasteiger partial charge on any atom is -0.489 e. The van der Waals surface area contributed by atoms with Crippen LogP contribution in [0.3, 0.4) is 0 Å². The lowest BCUT2D eigenvalue weighted by atomic mass is 9.86. The molecule has 144 valence electrons. The second-order valence-electron chi connectivity index (χ2n) is 7.03. The molecule has 1 saturated carbocycles. The molecule has 0 spiro atoms. The second-order valence-corrected chi connectivity index (χ2v) is 7.43. The molecule has 1 aliphatic rings. The number of anilines is 1. The van der Waals surface area contributed by atoms with Crippen LogP contribution in [-0.4, -0.2) is 24.3 Å². The molecule has 2 N–H and O–H groups in total. The van der Waals surface area contributed by atoms with E-state index in [-0.39, 0.29) is 24.8 Å². The van der Waals surface area contributed by atoms with Crippen molar-refractivity contribution in [2.24, 2.45) is 0 Å². The van der Waals surface area contributed by atoms with Crippen LogP contribution in [0, 0.1) is 0 Å². The summed E-state index contributed by atoms with van der Waals surface area (Å²) in [7, 11) is 0. The molecule has 1 amide bonds. The molecule has 0 bridgehead atoms. The predicted octanol–water partition coefficient (Wildman–Crippen LogP) is 5.00. The summed E-state index contributed by atoms with van der Waals surface area (Å²) in [5, 5.41) is 6.92. The van der Waals surface area contributed by atoms with E-state index in [1.807, 2.05) is 62.4 Å². The van der Waals surface area contributed by atoms with Crippen LogP contribution in [0.4, 0.5) is 10.5 Å². The zero-order valence-corrected chi connectivity index (χ0v) is 16.3. The van der Waals surface area contributed by atoms with Gasteiger partial charge < -0.3 is 20.1 Å². The number of rotatable bonds is 7. The molecule has 0 aliphatic heterocycles. The molecule has 5 nitrogen and oxygen atoms in total. The quantitative estimate of drug-likeness (QED) is 0.701. The van der Waals surface area contributed by atoms with Gasteiger partial charge in [-0.2, -0.15) is 0 Å². The van der Waals surface area contributed by atoms with Crippen molar-refractivity contribution in [1.29, 1.82) is 0 Å². The molecule has 27 heavy (non-hydrogen) atoms. The Morgan fingerprint density at radius 1 is 1.15 bits per heavy atom. The average Bonchev–Trinajstić information content (AvgIpc) is 2.61. The Morgan fingerprint density at radius 2 is 1.89 bits per heavy atom. The van der Waals surface area contributed by atoms with Gasteiger partial charge in [0.2, 0.25) is 0 Å². The van der Waals surface area contributed by atoms with Crippen LogP contribution in [0.2, 0.25) is 5.02 Å². The maximum absolute atomic E-state index is 11.9. The number of amides is 1. The van der Waals surface area contributed by atoms with Gasteiger partial charge in [-0.05, 0) is 50.5 Å². The molecule has 0 atom stereocenters. The normalized spacial score (nSPS) is 18.5. The summed E-state index contributed by atoms with van der Waals surface area (Å²) < 4.78 is 10.9. The van der Waals surface area contributed by atoms with Crippen LogP contribution in [-0.2, 0) is 11.3 Å². The van der Waals surface area contributed by atoms with E-state index >= 15 is 0 Å². The molecule has 0 unspecified atom stereocenters. The Bertz CT molecular complexity index is 761. The molecule has 3 rings (SSSR count). The summed E-state index contributed by atoms with van der Waals surface area (Å²) in [5.41, 5.74) is 1.92. The number of ether oxygens (including phenoxy) is 2. The Morgan fingerprint density at radius 3 is 2.56 bits per heavy atom. The van der Waals surface area contributed by atoms with E-state index in [0.717, 1.165) is 24.1 Å². The van der Waals surface area contributed by atoms with Crippen molar-refractivity contribution in [3.63, 3.8) is 0 Å². The molecule has 6 heteroatoms. The highest BCUT2D eigenvalue weighted by Crippen LogP contribution is 2.31. The largest absolute Gasteiger partial charge is 0.489 e. The van der Waals surface area contributed by atoms with Crippen LogP contribution in [0.15, 0.2) is 48.5 Å². The zero-order chi connectivity index (χ0) is 19.2. The van der Waals surface area contributed by atoms with E-state index in [9.17, 15) is 4.79 Å². The minimum atomic E-state index is -0.375. The molecular weight excluding hydrogens is 364 g/mol. The lowest BCUT2D eigenvalue weighted by molar-refractivity contribution is 0.129. The molecule has 2 aromatic rings. The molecule has 0 radical (unpaired) electrons. The first kappa shape index (κ1) is 19.4. The Kier molecular flexibility index (Phi) is 6.45. The second kappa shape index (κ2) is 9.00. The highest BCUT2D eigenvalue weighted by molar-refractivity contribution is 6.32. The van der Waals surface area contributed by atoms with E-state index in [4.69, 9.17) is 21.1 Å². The predicted molar refractivity (Wildman–Crippen MR) is 107 cm³/mol. The number of alkyl carbamates (subject to hydrolysis) is 1. The van der Waals surface area contributed by atoms with Crippen molar-refractivity contribution in [3.8, 4) is 5.75 Å². The third-order valence-corrected chi connectivity index (χ3v) is 4.63. The van der Waals surface area contributed by atoms with Gasteiger partial charge in [-0.15, -0.1) is 0 Å². The number of carbonyl (C=O) groups is 1. The average molecular weight is 389 g/mol. The maximum atomic E-state index is 11.9. The Balaban J connectivity index is 1.38. The molecule has 0 aromatic heterocycles. The van der Waals surface area contributed by atoms with Gasteiger partial charge in [0.1, 0.15) is 12.4 Å². The van der Waals surface area contributed by atoms with Gasteiger partial charge in [0.05, 0.1) is 11.1 Å². The molecular formula is C21H25ClN2O3. The van der Waals surface area contributed by atoms with Gasteiger partial charge in [-0.1, -0.05) is 41.9 Å². The van der Waals surface area contributed by atoms with Crippen molar-refractivity contribution in [3.05, 3.63) is 59.1 Å². The van der Waals surface area contributed by atoms with Crippen molar-refractivity contribution < 1.29 is 14.3 Å². The fourth-order valence-electron chi connectivity index (χ4n) is 2.96. The first-order chi connectivity index (χ1) is 13.0. The van der Waals surface area contributed by atoms with Crippen LogP contribution >= 0.6 is 11.6 Å². The van der Waals surface area contributed by atoms with E-state index in [1.165, 1.54) is 0 Å². The van der Waals surface area contributed by atoms with E-state index in [1.54, 1.807) is 0 Å². The number of hydrogen-bond acceptors (Lipinski definition) is 4. The first-order valence-electron chi connectivity index (χ1n) is 9.19. The fourth-order valence-corrected chi connectivity index (χ4v) is 3.19. The van der Waals surface area contributed by atoms with Gasteiger partial charge in [0, 0.05) is 17.8 Å². The molecule has 1 aliphatic carbocycles. The number of halogens is 1. The summed E-state index contributed by atoms with van der Waals surface area (Å²) in [6, 6.07) is 15.8. The topological polar surface area (TPSA) is 59.6 Å². The molecule has 0 heterocycles. The monoisotopic (exact) mass is 388 g/mol. The van der Waals surface area contributed by atoms with E-state index < -0.39 is 0 Å². The van der Waals surface area contributed by atoms with E-state index in [2.05, 4.69) is 10.6 Å². The standard InChI is InChI=1S/C21H25ClN2O3/c1-14(2)27-20-9-8-16(12-19(20)22)23-17-10-18(11-17)24-21(25)26-13-15-6-4-3-5-7-15/h3-9,12,14,17-18,23H,10-11,13H2,1-2H3,(H,24,25). The van der Waals surface area contributed by atoms with Gasteiger partial charge in [-0.3, -0.25) is 0 Å². The highest BCUT2D eigenvalue weighted by atomic mass is 35.5. The van der Waals surface area contributed by atoms with Crippen LogP contribution < -0.4 is 15.4 Å². The number of hydrogen-bond donors (Lipinski definition) is 2. The summed E-state index contributed by atoms with van der Waals surface area (Å²) in [4.78, 5) is 11.9. The van der Waals surface area contributed by atoms with Crippen LogP contribution in [0.25, 0.3) is 0 Å². The van der Waals surface area contributed by atoms with E-state index in [0.29, 0.717) is 16.8 Å². The third kappa shape index (κ3) is 5.79.